The van der Waals surface area contributed by atoms with Crippen molar-refractivity contribution in [1.82, 2.24) is 19.2 Å². The molecule has 0 aliphatic carbocycles. The second-order valence-electron chi connectivity index (χ2n) is 6.30. The molecule has 3 heterocycles. The third-order valence-electron chi connectivity index (χ3n) is 4.32. The minimum Gasteiger partial charge on any atom is -0.347 e. The number of aryl methyl sites for hydroxylation is 1. The molecule has 1 atom stereocenters. The Morgan fingerprint density at radius 3 is 2.75 bits per heavy atom. The molecule has 0 aromatic carbocycles. The molecule has 3 rings (SSSR count). The van der Waals surface area contributed by atoms with Crippen molar-refractivity contribution in [3.63, 3.8) is 0 Å². The number of pyridine rings is 1. The van der Waals surface area contributed by atoms with E-state index in [0.717, 1.165) is 12.0 Å². The Morgan fingerprint density at radius 1 is 1.29 bits per heavy atom. The number of aromatic nitrogens is 2. The summed E-state index contributed by atoms with van der Waals surface area (Å²) in [6.45, 7) is 2.34. The van der Waals surface area contributed by atoms with E-state index < -0.39 is 17.5 Å². The monoisotopic (exact) mass is 328 g/mol. The lowest BCUT2D eigenvalue weighted by molar-refractivity contribution is -0.132. The number of amides is 2. The molecule has 0 bridgehead atoms. The van der Waals surface area contributed by atoms with Gasteiger partial charge < -0.3 is 9.80 Å². The number of likely N-dealkylation sites (tertiary alicyclic amines) is 1. The maximum absolute atomic E-state index is 12.8. The number of rotatable bonds is 2. The number of carbonyl (C=O) groups excluding carboxylic acids is 2. The summed E-state index contributed by atoms with van der Waals surface area (Å²) in [5, 5.41) is 0. The van der Waals surface area contributed by atoms with Crippen molar-refractivity contribution in [2.24, 2.45) is 0 Å². The Kier molecular flexibility index (Phi) is 4.09. The van der Waals surface area contributed by atoms with Crippen molar-refractivity contribution in [2.75, 3.05) is 20.6 Å². The Bertz CT molecular complexity index is 872. The van der Waals surface area contributed by atoms with Crippen molar-refractivity contribution < 1.29 is 9.59 Å². The van der Waals surface area contributed by atoms with Crippen molar-refractivity contribution >= 4 is 17.5 Å². The Balaban J connectivity index is 2.01. The van der Waals surface area contributed by atoms with Gasteiger partial charge in [0.2, 0.25) is 5.91 Å². The van der Waals surface area contributed by atoms with E-state index in [1.54, 1.807) is 26.4 Å². The Labute approximate surface area is 139 Å². The zero-order valence-corrected chi connectivity index (χ0v) is 14.0. The SMILES string of the molecule is Cc1ccc2ncc(C(=O)N3CCCC3C(=O)N(C)C)c(=O)n2c1. The Morgan fingerprint density at radius 2 is 2.04 bits per heavy atom. The molecular weight excluding hydrogens is 308 g/mol. The minimum atomic E-state index is -0.509. The fourth-order valence-electron chi connectivity index (χ4n) is 3.05. The van der Waals surface area contributed by atoms with Gasteiger partial charge in [-0.2, -0.15) is 0 Å². The van der Waals surface area contributed by atoms with E-state index >= 15 is 0 Å². The molecule has 1 saturated heterocycles. The van der Waals surface area contributed by atoms with E-state index in [4.69, 9.17) is 0 Å². The van der Waals surface area contributed by atoms with Crippen LogP contribution < -0.4 is 5.56 Å². The molecule has 2 aromatic heterocycles. The van der Waals surface area contributed by atoms with Crippen LogP contribution in [0.5, 0.6) is 0 Å². The van der Waals surface area contributed by atoms with Crippen molar-refractivity contribution in [2.45, 2.75) is 25.8 Å². The second-order valence-corrected chi connectivity index (χ2v) is 6.30. The summed E-state index contributed by atoms with van der Waals surface area (Å²) in [6, 6.07) is 3.08. The fraction of sp³-hybridized carbons (Fsp3) is 0.412. The van der Waals surface area contributed by atoms with Crippen LogP contribution in [0.1, 0.15) is 28.8 Å². The number of nitrogens with zero attached hydrogens (tertiary/aromatic N) is 4. The number of fused-ring (bicyclic) bond motifs is 1. The molecule has 7 nitrogen and oxygen atoms in total. The molecule has 1 unspecified atom stereocenters. The fourth-order valence-corrected chi connectivity index (χ4v) is 3.05. The Hall–Kier alpha value is -2.70. The van der Waals surface area contributed by atoms with Gasteiger partial charge in [-0.15, -0.1) is 0 Å². The van der Waals surface area contributed by atoms with Crippen LogP contribution in [0.3, 0.4) is 0 Å². The van der Waals surface area contributed by atoms with E-state index in [1.807, 2.05) is 13.0 Å². The average molecular weight is 328 g/mol. The predicted molar refractivity (Wildman–Crippen MR) is 89.0 cm³/mol. The molecule has 0 radical (unpaired) electrons. The van der Waals surface area contributed by atoms with Gasteiger partial charge in [-0.3, -0.25) is 18.8 Å². The van der Waals surface area contributed by atoms with Crippen molar-refractivity contribution in [1.29, 1.82) is 0 Å². The van der Waals surface area contributed by atoms with Crippen LogP contribution >= 0.6 is 0 Å². The van der Waals surface area contributed by atoms with Crippen LogP contribution in [0, 0.1) is 6.92 Å². The van der Waals surface area contributed by atoms with Gasteiger partial charge in [0.1, 0.15) is 17.3 Å². The lowest BCUT2D eigenvalue weighted by Gasteiger charge is -2.26. The lowest BCUT2D eigenvalue weighted by atomic mass is 10.2. The van der Waals surface area contributed by atoms with E-state index in [2.05, 4.69) is 4.98 Å². The number of hydrogen-bond acceptors (Lipinski definition) is 4. The molecule has 1 aliphatic heterocycles. The molecule has 1 aliphatic rings. The van der Waals surface area contributed by atoms with Gasteiger partial charge in [-0.05, 0) is 31.4 Å². The van der Waals surface area contributed by atoms with Crippen molar-refractivity contribution in [3.8, 4) is 0 Å². The molecular formula is C17H20N4O3. The summed E-state index contributed by atoms with van der Waals surface area (Å²) in [5.74, 6) is -0.549. The first kappa shape index (κ1) is 16.2. The highest BCUT2D eigenvalue weighted by Gasteiger charge is 2.36. The van der Waals surface area contributed by atoms with Crippen LogP contribution in [-0.4, -0.2) is 57.7 Å². The average Bonchev–Trinajstić information content (AvgIpc) is 3.03. The molecule has 2 amide bonds. The molecule has 0 N–H and O–H groups in total. The van der Waals surface area contributed by atoms with E-state index in [9.17, 15) is 14.4 Å². The normalized spacial score (nSPS) is 17.3. The largest absolute Gasteiger partial charge is 0.347 e. The van der Waals surface area contributed by atoms with Crippen LogP contribution in [-0.2, 0) is 4.79 Å². The summed E-state index contributed by atoms with van der Waals surface area (Å²) in [4.78, 5) is 44.9. The van der Waals surface area contributed by atoms with Gasteiger partial charge in [0.15, 0.2) is 0 Å². The maximum Gasteiger partial charge on any atom is 0.270 e. The third-order valence-corrected chi connectivity index (χ3v) is 4.32. The van der Waals surface area contributed by atoms with Crippen LogP contribution in [0.15, 0.2) is 29.3 Å². The third kappa shape index (κ3) is 2.66. The highest BCUT2D eigenvalue weighted by Crippen LogP contribution is 2.20. The number of likely N-dealkylation sites (N-methyl/N-ethyl adjacent to an activating group) is 1. The van der Waals surface area contributed by atoms with Gasteiger partial charge in [0.05, 0.1) is 0 Å². The molecule has 0 spiro atoms. The molecule has 7 heteroatoms. The molecule has 2 aromatic rings. The van der Waals surface area contributed by atoms with Gasteiger partial charge >= 0.3 is 0 Å². The molecule has 24 heavy (non-hydrogen) atoms. The van der Waals surface area contributed by atoms with Gasteiger partial charge in [-0.1, -0.05) is 6.07 Å². The quantitative estimate of drug-likeness (QED) is 0.813. The molecule has 1 fully saturated rings. The highest BCUT2D eigenvalue weighted by molar-refractivity contribution is 5.97. The first-order valence-corrected chi connectivity index (χ1v) is 7.90. The van der Waals surface area contributed by atoms with Gasteiger partial charge in [-0.25, -0.2) is 4.98 Å². The summed E-state index contributed by atoms with van der Waals surface area (Å²) in [7, 11) is 3.33. The van der Waals surface area contributed by atoms with E-state index in [0.29, 0.717) is 18.6 Å². The first-order valence-electron chi connectivity index (χ1n) is 7.90. The smallest absolute Gasteiger partial charge is 0.270 e. The van der Waals surface area contributed by atoms with Gasteiger partial charge in [0.25, 0.3) is 11.5 Å². The van der Waals surface area contributed by atoms with Crippen LogP contribution in [0.2, 0.25) is 0 Å². The maximum atomic E-state index is 12.8. The lowest BCUT2D eigenvalue weighted by Crippen LogP contribution is -2.46. The summed E-state index contributed by atoms with van der Waals surface area (Å²) in [5.41, 5.74) is 0.982. The summed E-state index contributed by atoms with van der Waals surface area (Å²) >= 11 is 0. The number of hydrogen-bond donors (Lipinski definition) is 0. The summed E-state index contributed by atoms with van der Waals surface area (Å²) < 4.78 is 1.38. The molecule has 0 saturated carbocycles. The zero-order valence-electron chi connectivity index (χ0n) is 14.0. The highest BCUT2D eigenvalue weighted by atomic mass is 16.2. The van der Waals surface area contributed by atoms with Crippen LogP contribution in [0.4, 0.5) is 0 Å². The second kappa shape index (κ2) is 6.07. The summed E-state index contributed by atoms with van der Waals surface area (Å²) in [6.07, 6.45) is 4.33. The first-order chi connectivity index (χ1) is 11.4. The van der Waals surface area contributed by atoms with E-state index in [1.165, 1.54) is 20.4 Å². The minimum absolute atomic E-state index is 0.00319. The standard InChI is InChI=1S/C17H20N4O3/c1-11-6-7-14-18-9-12(16(23)21(14)10-11)15(22)20-8-4-5-13(20)17(24)19(2)3/h6-7,9-10,13H,4-5,8H2,1-3H3. The zero-order chi connectivity index (χ0) is 17.4. The van der Waals surface area contributed by atoms with Gasteiger partial charge in [0, 0.05) is 33.0 Å². The van der Waals surface area contributed by atoms with Crippen molar-refractivity contribution in [3.05, 3.63) is 46.0 Å². The van der Waals surface area contributed by atoms with E-state index in [-0.39, 0.29) is 11.5 Å². The topological polar surface area (TPSA) is 75.0 Å². The molecule has 126 valence electrons. The number of carbonyl (C=O) groups is 2. The van der Waals surface area contributed by atoms with Crippen LogP contribution in [0.25, 0.3) is 5.65 Å². The predicted octanol–water partition coefficient (Wildman–Crippen LogP) is 0.696.